The molecule has 0 unspecified atom stereocenters. The Bertz CT molecular complexity index is 1190. The molecule has 0 aliphatic heterocycles. The molecule has 0 heterocycles. The molecule has 0 fully saturated rings. The first-order valence-corrected chi connectivity index (χ1v) is 18.1. The molecule has 41 heavy (non-hydrogen) atoms. The molecule has 0 N–H and O–H groups in total. The van der Waals surface area contributed by atoms with E-state index in [0.29, 0.717) is 26.3 Å². The van der Waals surface area contributed by atoms with Gasteiger partial charge in [0.1, 0.15) is 12.7 Å². The highest BCUT2D eigenvalue weighted by Gasteiger charge is 2.28. The number of nitrogens with zero attached hydrogens (tertiary/aromatic N) is 1. The first-order valence-electron chi connectivity index (χ1n) is 14.3. The van der Waals surface area contributed by atoms with Crippen LogP contribution >= 0.6 is 14.3 Å². The van der Waals surface area contributed by atoms with Crippen molar-refractivity contribution in [1.29, 1.82) is 0 Å². The van der Waals surface area contributed by atoms with Crippen molar-refractivity contribution in [3.8, 4) is 0 Å². The summed E-state index contributed by atoms with van der Waals surface area (Å²) in [5.74, 6) is 0. The van der Waals surface area contributed by atoms with Gasteiger partial charge in [-0.3, -0.25) is 4.90 Å². The molecule has 216 valence electrons. The Morgan fingerprint density at radius 3 is 1.12 bits per heavy atom. The third-order valence-electron chi connectivity index (χ3n) is 7.17. The van der Waals surface area contributed by atoms with Crippen LogP contribution in [0, 0.1) is 0 Å². The zero-order valence-electron chi connectivity index (χ0n) is 23.9. The van der Waals surface area contributed by atoms with Crippen LogP contribution in [0.5, 0.6) is 0 Å². The summed E-state index contributed by atoms with van der Waals surface area (Å²) in [6.45, 7) is 5.47. The van der Waals surface area contributed by atoms with Crippen LogP contribution in [0.4, 0.5) is 0 Å². The molecule has 4 aromatic rings. The van der Waals surface area contributed by atoms with Crippen molar-refractivity contribution in [2.24, 2.45) is 0 Å². The second-order valence-electron chi connectivity index (χ2n) is 10.1. The van der Waals surface area contributed by atoms with Crippen LogP contribution in [-0.4, -0.2) is 50.4 Å². The van der Waals surface area contributed by atoms with Crippen LogP contribution in [0.15, 0.2) is 121 Å². The van der Waals surface area contributed by atoms with Gasteiger partial charge in [-0.25, -0.2) is 0 Å². The molecule has 0 atom stereocenters. The normalized spacial score (nSPS) is 12.0. The molecular formula is C34H41NO4P2. The summed E-state index contributed by atoms with van der Waals surface area (Å²) in [4.78, 5) is 2.31. The Labute approximate surface area is 245 Å². The first-order chi connectivity index (χ1) is 20.1. The lowest BCUT2D eigenvalue weighted by Crippen LogP contribution is -2.33. The highest BCUT2D eigenvalue weighted by atomic mass is 31.2. The molecule has 0 aliphatic carbocycles. The standard InChI is InChI=1S/C34H41NO4P2/c1-2-3-24-35(25-27-38-29-40(36,31-16-8-4-9-17-31)32-18-10-5-11-19-32)26-28-39-30-41(37,33-20-12-6-13-21-33)34-22-14-7-15-23-34/h4-23H,2-3,24-30H2,1H3. The monoisotopic (exact) mass is 589 g/mol. The minimum Gasteiger partial charge on any atom is -0.372 e. The van der Waals surface area contributed by atoms with E-state index in [9.17, 15) is 9.13 Å². The average Bonchev–Trinajstić information content (AvgIpc) is 3.04. The largest absolute Gasteiger partial charge is 0.372 e. The van der Waals surface area contributed by atoms with Gasteiger partial charge in [0, 0.05) is 34.3 Å². The van der Waals surface area contributed by atoms with Crippen LogP contribution in [0.25, 0.3) is 0 Å². The molecule has 0 spiro atoms. The van der Waals surface area contributed by atoms with E-state index in [1.807, 2.05) is 121 Å². The molecule has 0 amide bonds. The second-order valence-corrected chi connectivity index (χ2v) is 15.6. The lowest BCUT2D eigenvalue weighted by atomic mass is 10.3. The molecular weight excluding hydrogens is 548 g/mol. The third-order valence-corrected chi connectivity index (χ3v) is 12.8. The molecule has 4 aromatic carbocycles. The van der Waals surface area contributed by atoms with Gasteiger partial charge in [0.15, 0.2) is 14.3 Å². The van der Waals surface area contributed by atoms with E-state index in [-0.39, 0.29) is 12.7 Å². The van der Waals surface area contributed by atoms with E-state index in [1.54, 1.807) is 0 Å². The molecule has 4 rings (SSSR count). The fourth-order valence-corrected chi connectivity index (χ4v) is 9.34. The highest BCUT2D eigenvalue weighted by molar-refractivity contribution is 7.78. The van der Waals surface area contributed by atoms with Crippen molar-refractivity contribution in [2.75, 3.05) is 45.5 Å². The van der Waals surface area contributed by atoms with Gasteiger partial charge in [-0.05, 0) is 13.0 Å². The van der Waals surface area contributed by atoms with E-state index in [0.717, 1.165) is 40.6 Å². The van der Waals surface area contributed by atoms with Crippen LogP contribution in [-0.2, 0) is 18.6 Å². The Morgan fingerprint density at radius 1 is 0.512 bits per heavy atom. The Balaban J connectivity index is 1.33. The average molecular weight is 590 g/mol. The summed E-state index contributed by atoms with van der Waals surface area (Å²) >= 11 is 0. The number of ether oxygens (including phenoxy) is 2. The minimum atomic E-state index is -2.91. The van der Waals surface area contributed by atoms with Crippen molar-refractivity contribution in [1.82, 2.24) is 4.90 Å². The summed E-state index contributed by atoms with van der Waals surface area (Å²) < 4.78 is 40.6. The predicted molar refractivity (Wildman–Crippen MR) is 173 cm³/mol. The number of rotatable bonds is 17. The van der Waals surface area contributed by atoms with Gasteiger partial charge in [-0.2, -0.15) is 0 Å². The van der Waals surface area contributed by atoms with Crippen LogP contribution in [0.2, 0.25) is 0 Å². The summed E-state index contributed by atoms with van der Waals surface area (Å²) in [5, 5.41) is 3.24. The first kappa shape index (κ1) is 31.2. The summed E-state index contributed by atoms with van der Waals surface area (Å²) in [6, 6.07) is 38.5. The molecule has 0 aromatic heterocycles. The van der Waals surface area contributed by atoms with E-state index < -0.39 is 14.3 Å². The van der Waals surface area contributed by atoms with Gasteiger partial charge in [-0.15, -0.1) is 0 Å². The van der Waals surface area contributed by atoms with Crippen molar-refractivity contribution >= 4 is 35.5 Å². The maximum absolute atomic E-state index is 14.2. The maximum Gasteiger partial charge on any atom is 0.167 e. The van der Waals surface area contributed by atoms with Gasteiger partial charge >= 0.3 is 0 Å². The number of hydrogen-bond acceptors (Lipinski definition) is 5. The molecule has 0 bridgehead atoms. The van der Waals surface area contributed by atoms with Gasteiger partial charge in [0.25, 0.3) is 0 Å². The summed E-state index contributed by atoms with van der Waals surface area (Å²) in [5.41, 5.74) is 0. The third kappa shape index (κ3) is 8.61. The van der Waals surface area contributed by atoms with E-state index in [2.05, 4.69) is 11.8 Å². The quantitative estimate of drug-likeness (QED) is 0.111. The van der Waals surface area contributed by atoms with Gasteiger partial charge in [0.2, 0.25) is 0 Å². The summed E-state index contributed by atoms with van der Waals surface area (Å²) in [7, 11) is -5.81. The predicted octanol–water partition coefficient (Wildman–Crippen LogP) is 6.06. The van der Waals surface area contributed by atoms with Crippen LogP contribution in [0.3, 0.4) is 0 Å². The maximum atomic E-state index is 14.2. The number of benzene rings is 4. The van der Waals surface area contributed by atoms with E-state index in [1.165, 1.54) is 0 Å². The topological polar surface area (TPSA) is 55.8 Å². The van der Waals surface area contributed by atoms with Gasteiger partial charge in [-0.1, -0.05) is 135 Å². The Kier molecular flexibility index (Phi) is 12.2. The van der Waals surface area contributed by atoms with E-state index >= 15 is 0 Å². The van der Waals surface area contributed by atoms with Crippen molar-refractivity contribution in [3.05, 3.63) is 121 Å². The summed E-state index contributed by atoms with van der Waals surface area (Å²) in [6.07, 6.45) is 2.48. The van der Waals surface area contributed by atoms with Crippen molar-refractivity contribution in [2.45, 2.75) is 19.8 Å². The Morgan fingerprint density at radius 2 is 0.829 bits per heavy atom. The number of unbranched alkanes of at least 4 members (excludes halogenated alkanes) is 1. The zero-order valence-corrected chi connectivity index (χ0v) is 25.7. The Hall–Kier alpha value is -2.78. The van der Waals surface area contributed by atoms with Gasteiger partial charge in [0.05, 0.1) is 13.2 Å². The fraction of sp³-hybridized carbons (Fsp3) is 0.294. The zero-order chi connectivity index (χ0) is 28.8. The van der Waals surface area contributed by atoms with Crippen LogP contribution in [0.1, 0.15) is 19.8 Å². The minimum absolute atomic E-state index is 0.163. The van der Waals surface area contributed by atoms with Crippen molar-refractivity contribution in [3.63, 3.8) is 0 Å². The fourth-order valence-electron chi connectivity index (χ4n) is 4.76. The molecule has 7 heteroatoms. The molecule has 0 radical (unpaired) electrons. The molecule has 0 aliphatic rings. The highest BCUT2D eigenvalue weighted by Crippen LogP contribution is 2.44. The molecule has 5 nitrogen and oxygen atoms in total. The smallest absolute Gasteiger partial charge is 0.167 e. The van der Waals surface area contributed by atoms with E-state index in [4.69, 9.17) is 9.47 Å². The van der Waals surface area contributed by atoms with Crippen LogP contribution < -0.4 is 21.2 Å². The lowest BCUT2D eigenvalue weighted by Gasteiger charge is -2.24. The number of hydrogen-bond donors (Lipinski definition) is 0. The SMILES string of the molecule is CCCCN(CCOCP(=O)(c1ccccc1)c1ccccc1)CCOCP(=O)(c1ccccc1)c1ccccc1. The van der Waals surface area contributed by atoms with Gasteiger partial charge < -0.3 is 18.6 Å². The molecule has 0 saturated heterocycles. The van der Waals surface area contributed by atoms with Crippen molar-refractivity contribution < 1.29 is 18.6 Å². The lowest BCUT2D eigenvalue weighted by molar-refractivity contribution is 0.101. The molecule has 0 saturated carbocycles. The second kappa shape index (κ2) is 16.0.